The topological polar surface area (TPSA) is 47.6 Å². The number of benzene rings is 1. The van der Waals surface area contributed by atoms with E-state index >= 15 is 0 Å². The highest BCUT2D eigenvalue weighted by molar-refractivity contribution is 5.72. The molecule has 0 unspecified atom stereocenters. The Labute approximate surface area is 94.6 Å². The van der Waals surface area contributed by atoms with Gasteiger partial charge in [0.25, 0.3) is 0 Å². The van der Waals surface area contributed by atoms with Crippen LogP contribution < -0.4 is 14.8 Å². The molecule has 1 aliphatic heterocycles. The van der Waals surface area contributed by atoms with Gasteiger partial charge in [0.1, 0.15) is 13.2 Å². The van der Waals surface area contributed by atoms with Gasteiger partial charge in [-0.25, -0.2) is 0 Å². The Hall–Kier alpha value is -1.71. The lowest BCUT2D eigenvalue weighted by Gasteiger charge is -2.20. The van der Waals surface area contributed by atoms with Gasteiger partial charge < -0.3 is 14.8 Å². The fourth-order valence-corrected chi connectivity index (χ4v) is 1.64. The zero-order chi connectivity index (χ0) is 11.5. The number of carbonyl (C=O) groups excluding carboxylic acids is 1. The van der Waals surface area contributed by atoms with Crippen molar-refractivity contribution in [1.29, 1.82) is 0 Å². The van der Waals surface area contributed by atoms with Crippen LogP contribution in [0.4, 0.5) is 0 Å². The van der Waals surface area contributed by atoms with E-state index in [0.29, 0.717) is 19.8 Å². The Balaban J connectivity index is 2.21. The van der Waals surface area contributed by atoms with Crippen molar-refractivity contribution in [2.45, 2.75) is 20.4 Å². The molecule has 0 bridgehead atoms. The first-order chi connectivity index (χ1) is 7.66. The van der Waals surface area contributed by atoms with Gasteiger partial charge in [0, 0.05) is 13.5 Å². The van der Waals surface area contributed by atoms with Crippen LogP contribution in [0.3, 0.4) is 0 Å². The minimum atomic E-state index is -0.0331. The van der Waals surface area contributed by atoms with Gasteiger partial charge in [-0.1, -0.05) is 0 Å². The fraction of sp³-hybridized carbons (Fsp3) is 0.417. The standard InChI is InChI=1S/C12H15NO3/c1-8-5-11-12(16-4-3-15-11)6-10(8)7-13-9(2)14/h5-6H,3-4,7H2,1-2H3,(H,13,14). The zero-order valence-corrected chi connectivity index (χ0v) is 9.50. The number of carbonyl (C=O) groups is 1. The Morgan fingerprint density at radius 3 is 2.56 bits per heavy atom. The summed E-state index contributed by atoms with van der Waals surface area (Å²) in [5.74, 6) is 1.52. The van der Waals surface area contributed by atoms with E-state index in [-0.39, 0.29) is 5.91 Å². The maximum atomic E-state index is 10.9. The van der Waals surface area contributed by atoms with E-state index in [2.05, 4.69) is 5.32 Å². The number of rotatable bonds is 2. The van der Waals surface area contributed by atoms with Gasteiger partial charge in [0.15, 0.2) is 11.5 Å². The number of hydrogen-bond donors (Lipinski definition) is 1. The van der Waals surface area contributed by atoms with Gasteiger partial charge in [0.05, 0.1) is 0 Å². The Bertz CT molecular complexity index is 415. The summed E-state index contributed by atoms with van der Waals surface area (Å²) in [7, 11) is 0. The molecule has 86 valence electrons. The van der Waals surface area contributed by atoms with Crippen LogP contribution in [0, 0.1) is 6.92 Å². The monoisotopic (exact) mass is 221 g/mol. The predicted molar refractivity (Wildman–Crippen MR) is 59.7 cm³/mol. The van der Waals surface area contributed by atoms with Crippen LogP contribution in [0.1, 0.15) is 18.1 Å². The van der Waals surface area contributed by atoms with Crippen LogP contribution in [0.15, 0.2) is 12.1 Å². The van der Waals surface area contributed by atoms with Crippen LogP contribution >= 0.6 is 0 Å². The van der Waals surface area contributed by atoms with E-state index in [1.54, 1.807) is 0 Å². The second-order valence-corrected chi connectivity index (χ2v) is 3.83. The molecule has 0 atom stereocenters. The molecule has 0 fully saturated rings. The van der Waals surface area contributed by atoms with Gasteiger partial charge >= 0.3 is 0 Å². The van der Waals surface area contributed by atoms with E-state index in [1.807, 2.05) is 19.1 Å². The van der Waals surface area contributed by atoms with Crippen molar-refractivity contribution in [3.63, 3.8) is 0 Å². The van der Waals surface area contributed by atoms with Crippen molar-refractivity contribution in [3.8, 4) is 11.5 Å². The Morgan fingerprint density at radius 1 is 1.31 bits per heavy atom. The smallest absolute Gasteiger partial charge is 0.217 e. The first-order valence-electron chi connectivity index (χ1n) is 5.30. The van der Waals surface area contributed by atoms with Crippen LogP contribution in [-0.4, -0.2) is 19.1 Å². The molecule has 1 aliphatic rings. The molecule has 0 aliphatic carbocycles. The van der Waals surface area contributed by atoms with Crippen molar-refractivity contribution < 1.29 is 14.3 Å². The first kappa shape index (κ1) is 10.8. The van der Waals surface area contributed by atoms with Crippen LogP contribution in [0.2, 0.25) is 0 Å². The molecular weight excluding hydrogens is 206 g/mol. The molecule has 1 aromatic carbocycles. The second-order valence-electron chi connectivity index (χ2n) is 3.83. The van der Waals surface area contributed by atoms with Crippen molar-refractivity contribution in [1.82, 2.24) is 5.32 Å². The number of nitrogens with one attached hydrogen (secondary N) is 1. The summed E-state index contributed by atoms with van der Waals surface area (Å²) in [6.45, 7) is 5.20. The average molecular weight is 221 g/mol. The van der Waals surface area contributed by atoms with Gasteiger partial charge in [-0.15, -0.1) is 0 Å². The molecular formula is C12H15NO3. The van der Waals surface area contributed by atoms with E-state index in [4.69, 9.17) is 9.47 Å². The minimum absolute atomic E-state index is 0.0331. The summed E-state index contributed by atoms with van der Waals surface area (Å²) in [6.07, 6.45) is 0. The second kappa shape index (κ2) is 4.43. The molecule has 4 heteroatoms. The van der Waals surface area contributed by atoms with Crippen molar-refractivity contribution in [3.05, 3.63) is 23.3 Å². The predicted octanol–water partition coefficient (Wildman–Crippen LogP) is 1.40. The minimum Gasteiger partial charge on any atom is -0.486 e. The fourth-order valence-electron chi connectivity index (χ4n) is 1.64. The highest BCUT2D eigenvalue weighted by atomic mass is 16.6. The average Bonchev–Trinajstić information content (AvgIpc) is 2.26. The molecule has 1 amide bonds. The summed E-state index contributed by atoms with van der Waals surface area (Å²) in [5, 5.41) is 2.77. The summed E-state index contributed by atoms with van der Waals surface area (Å²) >= 11 is 0. The summed E-state index contributed by atoms with van der Waals surface area (Å²) < 4.78 is 11.0. The maximum absolute atomic E-state index is 10.9. The number of aryl methyl sites for hydroxylation is 1. The largest absolute Gasteiger partial charge is 0.486 e. The van der Waals surface area contributed by atoms with Gasteiger partial charge in [-0.2, -0.15) is 0 Å². The lowest BCUT2D eigenvalue weighted by molar-refractivity contribution is -0.119. The van der Waals surface area contributed by atoms with Crippen LogP contribution in [-0.2, 0) is 11.3 Å². The maximum Gasteiger partial charge on any atom is 0.217 e. The Morgan fingerprint density at radius 2 is 1.94 bits per heavy atom. The molecule has 0 saturated carbocycles. The van der Waals surface area contributed by atoms with Gasteiger partial charge in [0.2, 0.25) is 5.91 Å². The summed E-state index contributed by atoms with van der Waals surface area (Å²) in [6, 6.07) is 3.88. The van der Waals surface area contributed by atoms with Crippen LogP contribution in [0.5, 0.6) is 11.5 Å². The van der Waals surface area contributed by atoms with Crippen LogP contribution in [0.25, 0.3) is 0 Å². The van der Waals surface area contributed by atoms with Crippen molar-refractivity contribution in [2.24, 2.45) is 0 Å². The number of fused-ring (bicyclic) bond motifs is 1. The van der Waals surface area contributed by atoms with Crippen molar-refractivity contribution in [2.75, 3.05) is 13.2 Å². The van der Waals surface area contributed by atoms with E-state index < -0.39 is 0 Å². The molecule has 1 aromatic rings. The van der Waals surface area contributed by atoms with E-state index in [9.17, 15) is 4.79 Å². The van der Waals surface area contributed by atoms with Crippen molar-refractivity contribution >= 4 is 5.91 Å². The normalized spacial score (nSPS) is 13.4. The third-order valence-corrected chi connectivity index (χ3v) is 2.53. The van der Waals surface area contributed by atoms with E-state index in [0.717, 1.165) is 22.6 Å². The quantitative estimate of drug-likeness (QED) is 0.821. The molecule has 4 nitrogen and oxygen atoms in total. The number of amides is 1. The third kappa shape index (κ3) is 2.27. The third-order valence-electron chi connectivity index (χ3n) is 2.53. The zero-order valence-electron chi connectivity index (χ0n) is 9.50. The lowest BCUT2D eigenvalue weighted by atomic mass is 10.1. The number of ether oxygens (including phenoxy) is 2. The molecule has 0 aromatic heterocycles. The lowest BCUT2D eigenvalue weighted by Crippen LogP contribution is -2.20. The molecule has 16 heavy (non-hydrogen) atoms. The first-order valence-corrected chi connectivity index (χ1v) is 5.30. The van der Waals surface area contributed by atoms with Gasteiger partial charge in [-0.05, 0) is 30.2 Å². The molecule has 1 heterocycles. The SMILES string of the molecule is CC(=O)NCc1cc2c(cc1C)OCCO2. The molecule has 2 rings (SSSR count). The molecule has 0 radical (unpaired) electrons. The molecule has 0 saturated heterocycles. The molecule has 0 spiro atoms. The van der Waals surface area contributed by atoms with Gasteiger partial charge in [-0.3, -0.25) is 4.79 Å². The molecule has 1 N–H and O–H groups in total. The summed E-state index contributed by atoms with van der Waals surface area (Å²) in [5.41, 5.74) is 2.15. The van der Waals surface area contributed by atoms with E-state index in [1.165, 1.54) is 6.92 Å². The Kier molecular flexibility index (Phi) is 2.99. The number of hydrogen-bond acceptors (Lipinski definition) is 3. The highest BCUT2D eigenvalue weighted by Crippen LogP contribution is 2.32. The highest BCUT2D eigenvalue weighted by Gasteiger charge is 2.13. The summed E-state index contributed by atoms with van der Waals surface area (Å²) in [4.78, 5) is 10.9.